The zero-order valence-corrected chi connectivity index (χ0v) is 11.3. The zero-order valence-electron chi connectivity index (χ0n) is 10.3. The summed E-state index contributed by atoms with van der Waals surface area (Å²) in [6, 6.07) is 1.12. The van der Waals surface area contributed by atoms with Gasteiger partial charge < -0.3 is 9.84 Å². The minimum Gasteiger partial charge on any atom is -0.389 e. The molecular weight excluding hydrogens is 204 g/mol. The molecule has 0 aromatic heterocycles. The minimum absolute atomic E-state index is 0.244. The standard InChI is InChI=1S/C12H24O2Si/c1-5-11(10-15(2,3)4)12(13)6-8-14-9-7-12/h5,11,13H,1,6-10H2,2-4H3. The Morgan fingerprint density at radius 2 is 1.93 bits per heavy atom. The predicted octanol–water partition coefficient (Wildman–Crippen LogP) is 2.67. The van der Waals surface area contributed by atoms with E-state index in [-0.39, 0.29) is 5.92 Å². The quantitative estimate of drug-likeness (QED) is 0.592. The molecule has 1 aliphatic heterocycles. The zero-order chi connectivity index (χ0) is 11.5. The summed E-state index contributed by atoms with van der Waals surface area (Å²) in [5.74, 6) is 0.244. The second-order valence-corrected chi connectivity index (χ2v) is 11.4. The van der Waals surface area contributed by atoms with E-state index in [1.165, 1.54) is 0 Å². The average Bonchev–Trinajstić information content (AvgIpc) is 2.14. The Balaban J connectivity index is 2.67. The molecule has 1 aliphatic rings. The summed E-state index contributed by atoms with van der Waals surface area (Å²) in [5.41, 5.74) is -0.555. The molecule has 0 bridgehead atoms. The van der Waals surface area contributed by atoms with Gasteiger partial charge in [0.05, 0.1) is 5.60 Å². The second-order valence-electron chi connectivity index (χ2n) is 5.82. The molecule has 1 rings (SSSR count). The Labute approximate surface area is 94.3 Å². The first-order chi connectivity index (χ1) is 6.87. The lowest BCUT2D eigenvalue weighted by molar-refractivity contribution is -0.0843. The smallest absolute Gasteiger partial charge is 0.0751 e. The van der Waals surface area contributed by atoms with E-state index in [1.807, 2.05) is 6.08 Å². The number of hydrogen-bond donors (Lipinski definition) is 1. The Kier molecular flexibility index (Phi) is 4.15. The van der Waals surface area contributed by atoms with Crippen LogP contribution in [0.5, 0.6) is 0 Å². The van der Waals surface area contributed by atoms with Gasteiger partial charge in [0.25, 0.3) is 0 Å². The highest BCUT2D eigenvalue weighted by Gasteiger charge is 2.38. The van der Waals surface area contributed by atoms with Crippen molar-refractivity contribution >= 4 is 8.07 Å². The third-order valence-electron chi connectivity index (χ3n) is 3.17. The molecule has 0 aliphatic carbocycles. The van der Waals surface area contributed by atoms with Crippen LogP contribution in [0.3, 0.4) is 0 Å². The number of aliphatic hydroxyl groups is 1. The van der Waals surface area contributed by atoms with Crippen molar-refractivity contribution in [2.45, 2.75) is 44.1 Å². The highest BCUT2D eigenvalue weighted by Crippen LogP contribution is 2.35. The van der Waals surface area contributed by atoms with Crippen LogP contribution in [0.4, 0.5) is 0 Å². The van der Waals surface area contributed by atoms with Gasteiger partial charge >= 0.3 is 0 Å². The lowest BCUT2D eigenvalue weighted by atomic mass is 9.82. The second kappa shape index (κ2) is 4.81. The molecule has 0 spiro atoms. The van der Waals surface area contributed by atoms with E-state index in [1.54, 1.807) is 0 Å². The topological polar surface area (TPSA) is 29.5 Å². The molecule has 1 atom stereocenters. The Hall–Kier alpha value is -0.123. The van der Waals surface area contributed by atoms with Gasteiger partial charge in [0.1, 0.15) is 0 Å². The first-order valence-corrected chi connectivity index (χ1v) is 9.51. The number of rotatable bonds is 4. The normalized spacial score (nSPS) is 23.5. The van der Waals surface area contributed by atoms with Crippen LogP contribution in [0, 0.1) is 5.92 Å². The van der Waals surface area contributed by atoms with E-state index < -0.39 is 13.7 Å². The van der Waals surface area contributed by atoms with Gasteiger partial charge in [-0.3, -0.25) is 0 Å². The van der Waals surface area contributed by atoms with E-state index in [9.17, 15) is 5.11 Å². The summed E-state index contributed by atoms with van der Waals surface area (Å²) in [6.45, 7) is 12.3. The molecular formula is C12H24O2Si. The Morgan fingerprint density at radius 3 is 2.33 bits per heavy atom. The maximum absolute atomic E-state index is 10.6. The lowest BCUT2D eigenvalue weighted by Crippen LogP contribution is -2.44. The van der Waals surface area contributed by atoms with Crippen molar-refractivity contribution in [1.82, 2.24) is 0 Å². The van der Waals surface area contributed by atoms with Crippen LogP contribution < -0.4 is 0 Å². The van der Waals surface area contributed by atoms with Crippen LogP contribution in [0.25, 0.3) is 0 Å². The highest BCUT2D eigenvalue weighted by molar-refractivity contribution is 6.76. The van der Waals surface area contributed by atoms with Gasteiger partial charge in [0.15, 0.2) is 0 Å². The third-order valence-corrected chi connectivity index (χ3v) is 4.83. The van der Waals surface area contributed by atoms with Crippen LogP contribution in [-0.2, 0) is 4.74 Å². The summed E-state index contributed by atoms with van der Waals surface area (Å²) >= 11 is 0. The van der Waals surface area contributed by atoms with Crippen LogP contribution in [0.15, 0.2) is 12.7 Å². The molecule has 3 heteroatoms. The molecule has 1 fully saturated rings. The van der Waals surface area contributed by atoms with E-state index in [2.05, 4.69) is 26.2 Å². The molecule has 0 aromatic rings. The van der Waals surface area contributed by atoms with Crippen molar-refractivity contribution in [2.24, 2.45) is 5.92 Å². The fourth-order valence-corrected chi connectivity index (χ4v) is 4.11. The molecule has 1 unspecified atom stereocenters. The molecule has 0 aromatic carbocycles. The summed E-state index contributed by atoms with van der Waals surface area (Å²) in [6.07, 6.45) is 3.46. The fraction of sp³-hybridized carbons (Fsp3) is 0.833. The van der Waals surface area contributed by atoms with Crippen molar-refractivity contribution in [3.05, 3.63) is 12.7 Å². The summed E-state index contributed by atoms with van der Waals surface area (Å²) in [7, 11) is -1.14. The van der Waals surface area contributed by atoms with Crippen LogP contribution in [-0.4, -0.2) is 32.0 Å². The van der Waals surface area contributed by atoms with Gasteiger partial charge in [-0.1, -0.05) is 25.7 Å². The summed E-state index contributed by atoms with van der Waals surface area (Å²) < 4.78 is 5.31. The Morgan fingerprint density at radius 1 is 1.40 bits per heavy atom. The van der Waals surface area contributed by atoms with E-state index in [4.69, 9.17) is 4.74 Å². The fourth-order valence-electron chi connectivity index (χ4n) is 2.25. The van der Waals surface area contributed by atoms with Gasteiger partial charge in [0, 0.05) is 40.0 Å². The highest BCUT2D eigenvalue weighted by atomic mass is 28.3. The van der Waals surface area contributed by atoms with Crippen molar-refractivity contribution < 1.29 is 9.84 Å². The molecule has 2 nitrogen and oxygen atoms in total. The first kappa shape index (κ1) is 12.9. The first-order valence-electron chi connectivity index (χ1n) is 5.80. The van der Waals surface area contributed by atoms with Gasteiger partial charge in [-0.2, -0.15) is 0 Å². The van der Waals surface area contributed by atoms with Gasteiger partial charge in [-0.15, -0.1) is 6.58 Å². The van der Waals surface area contributed by atoms with E-state index in [0.29, 0.717) is 13.2 Å². The molecule has 1 N–H and O–H groups in total. The molecule has 0 saturated carbocycles. The predicted molar refractivity (Wildman–Crippen MR) is 66.8 cm³/mol. The lowest BCUT2D eigenvalue weighted by Gasteiger charge is -2.40. The molecule has 1 saturated heterocycles. The molecule has 0 amide bonds. The maximum atomic E-state index is 10.6. The van der Waals surface area contributed by atoms with Crippen LogP contribution >= 0.6 is 0 Å². The van der Waals surface area contributed by atoms with Crippen molar-refractivity contribution in [1.29, 1.82) is 0 Å². The SMILES string of the molecule is C=CC(C[Si](C)(C)C)C1(O)CCOCC1. The number of hydrogen-bond acceptors (Lipinski definition) is 2. The largest absolute Gasteiger partial charge is 0.389 e. The molecule has 88 valence electrons. The average molecular weight is 228 g/mol. The third kappa shape index (κ3) is 3.74. The van der Waals surface area contributed by atoms with Gasteiger partial charge in [-0.25, -0.2) is 0 Å². The maximum Gasteiger partial charge on any atom is 0.0751 e. The summed E-state index contributed by atoms with van der Waals surface area (Å²) in [5, 5.41) is 10.6. The number of ether oxygens (including phenoxy) is 1. The van der Waals surface area contributed by atoms with Gasteiger partial charge in [-0.05, 0) is 6.04 Å². The summed E-state index contributed by atoms with van der Waals surface area (Å²) in [4.78, 5) is 0. The van der Waals surface area contributed by atoms with Crippen LogP contribution in [0.2, 0.25) is 25.7 Å². The van der Waals surface area contributed by atoms with E-state index in [0.717, 1.165) is 18.9 Å². The molecule has 0 radical (unpaired) electrons. The van der Waals surface area contributed by atoms with Crippen molar-refractivity contribution in [3.63, 3.8) is 0 Å². The molecule has 15 heavy (non-hydrogen) atoms. The van der Waals surface area contributed by atoms with Crippen LogP contribution in [0.1, 0.15) is 12.8 Å². The minimum atomic E-state index is -1.14. The molecule has 1 heterocycles. The monoisotopic (exact) mass is 228 g/mol. The van der Waals surface area contributed by atoms with Gasteiger partial charge in [0.2, 0.25) is 0 Å². The van der Waals surface area contributed by atoms with Crippen molar-refractivity contribution in [3.8, 4) is 0 Å². The Bertz CT molecular complexity index is 214. The van der Waals surface area contributed by atoms with E-state index >= 15 is 0 Å². The van der Waals surface area contributed by atoms with Crippen molar-refractivity contribution in [2.75, 3.05) is 13.2 Å².